The number of nitrogens with one attached hydrogen (secondary N) is 2. The monoisotopic (exact) mass is 629 g/mol. The normalized spacial score (nSPS) is 10.6. The van der Waals surface area contributed by atoms with Crippen molar-refractivity contribution in [2.45, 2.75) is 73.5 Å². The smallest absolute Gasteiger partial charge is 0.413 e. The van der Waals surface area contributed by atoms with Gasteiger partial charge in [-0.3, -0.25) is 30.9 Å². The highest BCUT2D eigenvalue weighted by molar-refractivity contribution is 5.85. The molecule has 244 valence electrons. The molecule has 45 heavy (non-hydrogen) atoms. The minimum absolute atomic E-state index is 0.0308. The number of carbonyl (C=O) groups excluding carboxylic acids is 2. The van der Waals surface area contributed by atoms with Crippen LogP contribution >= 0.6 is 0 Å². The van der Waals surface area contributed by atoms with Crippen LogP contribution in [0, 0.1) is 41.0 Å². The van der Waals surface area contributed by atoms with Crippen molar-refractivity contribution in [3.05, 3.63) is 73.7 Å². The second kappa shape index (κ2) is 15.7. The van der Waals surface area contributed by atoms with Crippen LogP contribution in [-0.4, -0.2) is 48.2 Å². The van der Waals surface area contributed by atoms with E-state index in [0.717, 1.165) is 18.0 Å². The van der Waals surface area contributed by atoms with Gasteiger partial charge in [-0.2, -0.15) is 0 Å². The van der Waals surface area contributed by atoms with Gasteiger partial charge in [0.15, 0.2) is 0 Å². The molecule has 0 unspecified atom stereocenters. The molecule has 0 bridgehead atoms. The second-order valence-corrected chi connectivity index (χ2v) is 11.5. The zero-order valence-corrected chi connectivity index (χ0v) is 26.6. The number of aryl methyl sites for hydroxylation is 3. The standard InChI is InChI=1S/C11H15N3O4.C11H17N3O2.C6H7N3O2/c1-7-5-8(14(16)17)6-12-9(7)13-10(15)18-11(2,3)4;1-7-5-8(12)6-13-9(7)14-10(15)16-11(2,3)4;1-4-2-5(9(10)11)3-8-6(4)7/h5-6H,1-4H3,(H,12,13,15);5-6H,12H2,1-4H3,(H,13,14,15);2-3H,1H3,(H2,7,8). The first-order valence-electron chi connectivity index (χ1n) is 13.3. The minimum Gasteiger partial charge on any atom is -0.444 e. The quantitative estimate of drug-likeness (QED) is 0.195. The molecule has 3 heterocycles. The Hall–Kier alpha value is -5.61. The predicted octanol–water partition coefficient (Wildman–Crippen LogP) is 5.84. The first kappa shape index (κ1) is 37.4. The van der Waals surface area contributed by atoms with Crippen LogP contribution in [0.25, 0.3) is 0 Å². The summed E-state index contributed by atoms with van der Waals surface area (Å²) in [7, 11) is 0. The molecule has 0 saturated heterocycles. The molecular weight excluding hydrogens is 590 g/mol. The summed E-state index contributed by atoms with van der Waals surface area (Å²) in [5, 5.41) is 25.7. The van der Waals surface area contributed by atoms with E-state index in [1.807, 2.05) is 6.92 Å². The highest BCUT2D eigenvalue weighted by Crippen LogP contribution is 2.19. The molecule has 0 fully saturated rings. The van der Waals surface area contributed by atoms with Crippen LogP contribution in [0.5, 0.6) is 0 Å². The van der Waals surface area contributed by atoms with E-state index in [1.54, 1.807) is 61.5 Å². The Balaban J connectivity index is 0.000000347. The lowest BCUT2D eigenvalue weighted by Gasteiger charge is -2.19. The van der Waals surface area contributed by atoms with E-state index >= 15 is 0 Å². The fourth-order valence-corrected chi connectivity index (χ4v) is 2.99. The van der Waals surface area contributed by atoms with E-state index in [2.05, 4.69) is 25.6 Å². The molecule has 3 rings (SSSR count). The number of rotatable bonds is 4. The third-order valence-corrected chi connectivity index (χ3v) is 4.93. The molecule has 6 N–H and O–H groups in total. The molecule has 3 aromatic rings. The SMILES string of the molecule is Cc1cc(N)cnc1NC(=O)OC(C)(C)C.Cc1cc([N+](=O)[O-])cnc1N.Cc1cc([N+](=O)[O-])cnc1NC(=O)OC(C)(C)C. The minimum atomic E-state index is -0.646. The molecule has 0 atom stereocenters. The van der Waals surface area contributed by atoms with Gasteiger partial charge in [-0.25, -0.2) is 24.5 Å². The first-order chi connectivity index (χ1) is 20.6. The van der Waals surface area contributed by atoms with Crippen molar-refractivity contribution < 1.29 is 28.9 Å². The third kappa shape index (κ3) is 14.4. The van der Waals surface area contributed by atoms with Crippen LogP contribution in [0.15, 0.2) is 36.8 Å². The zero-order chi connectivity index (χ0) is 34.7. The average Bonchev–Trinajstić information content (AvgIpc) is 2.87. The van der Waals surface area contributed by atoms with Gasteiger partial charge in [0.25, 0.3) is 11.4 Å². The van der Waals surface area contributed by atoms with Gasteiger partial charge in [-0.05, 0) is 85.1 Å². The number of nitrogens with zero attached hydrogens (tertiary/aromatic N) is 5. The lowest BCUT2D eigenvalue weighted by atomic mass is 10.2. The van der Waals surface area contributed by atoms with Gasteiger partial charge >= 0.3 is 12.2 Å². The van der Waals surface area contributed by atoms with Gasteiger partial charge in [0.2, 0.25) is 0 Å². The van der Waals surface area contributed by atoms with E-state index < -0.39 is 33.2 Å². The second-order valence-electron chi connectivity index (χ2n) is 11.5. The molecule has 0 aliphatic rings. The molecule has 0 aliphatic carbocycles. The summed E-state index contributed by atoms with van der Waals surface area (Å²) < 4.78 is 10.2. The topological polar surface area (TPSA) is 254 Å². The van der Waals surface area contributed by atoms with Gasteiger partial charge < -0.3 is 20.9 Å². The lowest BCUT2D eigenvalue weighted by Crippen LogP contribution is -2.27. The Morgan fingerprint density at radius 3 is 1.42 bits per heavy atom. The number of nitrogens with two attached hydrogens (primary N) is 2. The van der Waals surface area contributed by atoms with Gasteiger partial charge in [-0.15, -0.1) is 0 Å². The number of hydrogen-bond donors (Lipinski definition) is 4. The number of anilines is 4. The molecule has 0 radical (unpaired) electrons. The number of nitro groups is 2. The molecule has 17 nitrogen and oxygen atoms in total. The molecule has 0 aliphatic heterocycles. The van der Waals surface area contributed by atoms with Crippen molar-refractivity contribution in [2.24, 2.45) is 0 Å². The van der Waals surface area contributed by atoms with Crippen LogP contribution in [0.3, 0.4) is 0 Å². The largest absolute Gasteiger partial charge is 0.444 e. The number of pyridine rings is 3. The van der Waals surface area contributed by atoms with E-state index in [-0.39, 0.29) is 17.2 Å². The number of amides is 2. The fourth-order valence-electron chi connectivity index (χ4n) is 2.99. The Morgan fingerprint density at radius 2 is 1.07 bits per heavy atom. The van der Waals surface area contributed by atoms with Gasteiger partial charge in [0.05, 0.1) is 21.7 Å². The summed E-state index contributed by atoms with van der Waals surface area (Å²) >= 11 is 0. The summed E-state index contributed by atoms with van der Waals surface area (Å²) in [4.78, 5) is 54.1. The van der Waals surface area contributed by atoms with Gasteiger partial charge in [0.1, 0.15) is 41.0 Å². The maximum atomic E-state index is 11.5. The van der Waals surface area contributed by atoms with Crippen molar-refractivity contribution in [1.82, 2.24) is 15.0 Å². The highest BCUT2D eigenvalue weighted by Gasteiger charge is 2.19. The Kier molecular flexibility index (Phi) is 13.1. The number of nitrogen functional groups attached to an aromatic ring is 2. The first-order valence-corrected chi connectivity index (χ1v) is 13.3. The summed E-state index contributed by atoms with van der Waals surface area (Å²) in [6.07, 6.45) is 2.54. The molecule has 0 saturated carbocycles. The number of aromatic nitrogens is 3. The molecule has 2 amide bonds. The van der Waals surface area contributed by atoms with Crippen molar-refractivity contribution in [3.63, 3.8) is 0 Å². The van der Waals surface area contributed by atoms with Crippen molar-refractivity contribution in [3.8, 4) is 0 Å². The average molecular weight is 630 g/mol. The van der Waals surface area contributed by atoms with Crippen molar-refractivity contribution in [1.29, 1.82) is 0 Å². The molecule has 3 aromatic heterocycles. The molecule has 0 aromatic carbocycles. The van der Waals surface area contributed by atoms with E-state index in [4.69, 9.17) is 20.9 Å². The van der Waals surface area contributed by atoms with Crippen molar-refractivity contribution >= 4 is 46.7 Å². The highest BCUT2D eigenvalue weighted by atomic mass is 16.6. The van der Waals surface area contributed by atoms with E-state index in [1.165, 1.54) is 18.3 Å². The maximum absolute atomic E-state index is 11.5. The Morgan fingerprint density at radius 1 is 0.689 bits per heavy atom. The number of ether oxygens (including phenoxy) is 2. The number of hydrogen-bond acceptors (Lipinski definition) is 13. The van der Waals surface area contributed by atoms with Crippen LogP contribution in [0.1, 0.15) is 58.2 Å². The summed E-state index contributed by atoms with van der Waals surface area (Å²) in [6, 6.07) is 4.46. The zero-order valence-electron chi connectivity index (χ0n) is 26.6. The van der Waals surface area contributed by atoms with Crippen molar-refractivity contribution in [2.75, 3.05) is 22.1 Å². The third-order valence-electron chi connectivity index (χ3n) is 4.93. The molecule has 17 heteroatoms. The fraction of sp³-hybridized carbons (Fsp3) is 0.393. The Labute approximate surface area is 260 Å². The van der Waals surface area contributed by atoms with Gasteiger partial charge in [0, 0.05) is 12.1 Å². The number of carbonyl (C=O) groups is 2. The Bertz CT molecular complexity index is 1530. The predicted molar refractivity (Wildman–Crippen MR) is 169 cm³/mol. The van der Waals surface area contributed by atoms with Crippen LogP contribution in [0.2, 0.25) is 0 Å². The van der Waals surface area contributed by atoms with Crippen LogP contribution in [0.4, 0.5) is 44.1 Å². The lowest BCUT2D eigenvalue weighted by molar-refractivity contribution is -0.385. The van der Waals surface area contributed by atoms with Gasteiger partial charge in [-0.1, -0.05) is 0 Å². The summed E-state index contributed by atoms with van der Waals surface area (Å²) in [5.41, 5.74) is 12.1. The molecular formula is C28H39N9O8. The summed E-state index contributed by atoms with van der Waals surface area (Å²) in [6.45, 7) is 15.7. The maximum Gasteiger partial charge on any atom is 0.413 e. The van der Waals surface area contributed by atoms with E-state index in [0.29, 0.717) is 28.5 Å². The molecule has 0 spiro atoms. The van der Waals surface area contributed by atoms with E-state index in [9.17, 15) is 29.8 Å². The summed E-state index contributed by atoms with van der Waals surface area (Å²) in [5.74, 6) is 1.04. The van der Waals surface area contributed by atoms with Crippen LogP contribution in [-0.2, 0) is 9.47 Å². The van der Waals surface area contributed by atoms with Crippen LogP contribution < -0.4 is 22.1 Å².